The fourth-order valence-electron chi connectivity index (χ4n) is 9.18. The van der Waals surface area contributed by atoms with Gasteiger partial charge in [-0.2, -0.15) is 0 Å². The van der Waals surface area contributed by atoms with Crippen molar-refractivity contribution in [3.8, 4) is 11.5 Å². The zero-order chi connectivity index (χ0) is 54.9. The van der Waals surface area contributed by atoms with Crippen LogP contribution in [-0.2, 0) is 0 Å². The Bertz CT molecular complexity index is 4270. The van der Waals surface area contributed by atoms with Crippen LogP contribution in [0.5, 0.6) is 11.5 Å². The first kappa shape index (κ1) is 51.7. The molecule has 18 heteroatoms. The van der Waals surface area contributed by atoms with Crippen LogP contribution in [0.15, 0.2) is 202 Å². The molecule has 0 heterocycles. The average Bonchev–Trinajstić information content (AvgIpc) is 3.53. The number of hydrogen-bond donors (Lipinski definition) is 6. The SMILES string of the molecule is O=C(Nc1ccc2cccc3c2c1C=CC3NC(=O)c1ccc2c(N=Nc3cc(Cl)ccc3Cl)c(O)c(C(=O)Nc3ccccc3)cc2c1)c1ccc2c(N=Nc3cc(Cl)ccc3Cl)c(O)c(C(=O)Nc3ccccc3)cc2c1. The van der Waals surface area contributed by atoms with Crippen molar-refractivity contribution >= 4 is 148 Å². The minimum atomic E-state index is -0.627. The van der Waals surface area contributed by atoms with E-state index >= 15 is 0 Å². The summed E-state index contributed by atoms with van der Waals surface area (Å²) in [6.45, 7) is 0. The van der Waals surface area contributed by atoms with Crippen LogP contribution >= 0.6 is 46.4 Å². The molecule has 6 N–H and O–H groups in total. The van der Waals surface area contributed by atoms with E-state index < -0.39 is 41.2 Å². The van der Waals surface area contributed by atoms with Crippen LogP contribution in [0.4, 0.5) is 39.8 Å². The normalized spacial score (nSPS) is 12.8. The van der Waals surface area contributed by atoms with Gasteiger partial charge in [-0.15, -0.1) is 20.5 Å². The van der Waals surface area contributed by atoms with Crippen molar-refractivity contribution in [2.75, 3.05) is 16.0 Å². The zero-order valence-electron chi connectivity index (χ0n) is 40.8. The standard InChI is InChI=1S/C61H38Cl4N8O6/c62-37-17-22-47(64)51(30-37)70-72-54-41-19-14-33(26-35(41)28-45(56(54)74)60(78)66-39-9-3-1-4-10-39)58(76)68-49-24-16-32-8-7-13-43-50(25-21-44(49)53(32)43)69-59(77)34-15-20-42-36(27-34)29-46(61(79)67-40-11-5-2-6-12-40)57(75)55(42)73-71-52-31-38(63)18-23-48(52)65/h1-31,50,74-75H,(H,66,78)(H,67,79)(H,68,76)(H,69,77). The Balaban J connectivity index is 0.887. The molecule has 0 fully saturated rings. The number of nitrogens with zero attached hydrogens (tertiary/aromatic N) is 4. The molecule has 0 bridgehead atoms. The summed E-state index contributed by atoms with van der Waals surface area (Å²) in [6, 6.07) is 48.1. The third-order valence-corrected chi connectivity index (χ3v) is 14.1. The van der Waals surface area contributed by atoms with Crippen molar-refractivity contribution in [2.45, 2.75) is 6.04 Å². The molecule has 0 aliphatic heterocycles. The Morgan fingerprint density at radius 1 is 0.456 bits per heavy atom. The lowest BCUT2D eigenvalue weighted by Gasteiger charge is -2.24. The predicted octanol–water partition coefficient (Wildman–Crippen LogP) is 17.3. The maximum absolute atomic E-state index is 14.3. The van der Waals surface area contributed by atoms with Crippen molar-refractivity contribution < 1.29 is 29.4 Å². The van der Waals surface area contributed by atoms with Gasteiger partial charge in [-0.25, -0.2) is 0 Å². The Kier molecular flexibility index (Phi) is 14.3. The Morgan fingerprint density at radius 2 is 0.975 bits per heavy atom. The third kappa shape index (κ3) is 10.7. The molecule has 1 atom stereocenters. The maximum atomic E-state index is 14.3. The number of anilines is 3. The van der Waals surface area contributed by atoms with Gasteiger partial charge in [-0.1, -0.05) is 131 Å². The number of rotatable bonds is 12. The highest BCUT2D eigenvalue weighted by molar-refractivity contribution is 6.35. The fraction of sp³-hybridized carbons (Fsp3) is 0.0164. The number of para-hydroxylation sites is 2. The lowest BCUT2D eigenvalue weighted by Crippen LogP contribution is -2.28. The van der Waals surface area contributed by atoms with Crippen molar-refractivity contribution in [1.82, 2.24) is 5.32 Å². The summed E-state index contributed by atoms with van der Waals surface area (Å²) in [6.07, 6.45) is 3.66. The fourth-order valence-corrected chi connectivity index (χ4v) is 9.82. The summed E-state index contributed by atoms with van der Waals surface area (Å²) < 4.78 is 0. The largest absolute Gasteiger partial charge is 0.505 e. The second-order valence-electron chi connectivity index (χ2n) is 18.1. The van der Waals surface area contributed by atoms with Crippen molar-refractivity contribution in [2.24, 2.45) is 20.5 Å². The number of hydrogen-bond acceptors (Lipinski definition) is 10. The number of nitrogens with one attached hydrogen (secondary N) is 4. The Morgan fingerprint density at radius 3 is 1.51 bits per heavy atom. The summed E-state index contributed by atoms with van der Waals surface area (Å²) >= 11 is 25.2. The van der Waals surface area contributed by atoms with Crippen LogP contribution in [0.2, 0.25) is 20.1 Å². The first-order chi connectivity index (χ1) is 38.3. The van der Waals surface area contributed by atoms with E-state index in [0.29, 0.717) is 54.2 Å². The lowest BCUT2D eigenvalue weighted by atomic mass is 9.88. The molecular formula is C61H38Cl4N8O6. The minimum absolute atomic E-state index is 0.0350. The zero-order valence-corrected chi connectivity index (χ0v) is 43.8. The molecule has 0 radical (unpaired) electrons. The lowest BCUT2D eigenvalue weighted by molar-refractivity contribution is 0.0942. The van der Waals surface area contributed by atoms with Crippen LogP contribution in [-0.4, -0.2) is 33.8 Å². The van der Waals surface area contributed by atoms with Gasteiger partial charge in [-0.3, -0.25) is 19.2 Å². The molecule has 1 unspecified atom stereocenters. The van der Waals surface area contributed by atoms with Crippen LogP contribution in [0.1, 0.15) is 58.6 Å². The Labute approximate surface area is 469 Å². The van der Waals surface area contributed by atoms with E-state index in [-0.39, 0.29) is 55.0 Å². The van der Waals surface area contributed by atoms with Gasteiger partial charge >= 0.3 is 0 Å². The predicted molar refractivity (Wildman–Crippen MR) is 312 cm³/mol. The number of aromatic hydroxyl groups is 2. The summed E-state index contributed by atoms with van der Waals surface area (Å²) in [5, 5.41) is 56.6. The molecule has 11 rings (SSSR count). The number of carbonyl (C=O) groups is 4. The van der Waals surface area contributed by atoms with Crippen molar-refractivity contribution in [1.29, 1.82) is 0 Å². The summed E-state index contributed by atoms with van der Waals surface area (Å²) in [5.74, 6) is -3.06. The molecule has 79 heavy (non-hydrogen) atoms. The molecule has 0 spiro atoms. The number of amides is 4. The minimum Gasteiger partial charge on any atom is -0.505 e. The van der Waals surface area contributed by atoms with Crippen LogP contribution in [0, 0.1) is 0 Å². The van der Waals surface area contributed by atoms with E-state index in [0.717, 1.165) is 16.3 Å². The molecule has 0 aromatic heterocycles. The van der Waals surface area contributed by atoms with E-state index in [4.69, 9.17) is 46.4 Å². The van der Waals surface area contributed by atoms with Crippen LogP contribution in [0.25, 0.3) is 38.4 Å². The van der Waals surface area contributed by atoms with Gasteiger partial charge in [0.15, 0.2) is 11.5 Å². The summed E-state index contributed by atoms with van der Waals surface area (Å²) in [7, 11) is 0. The number of halogens is 4. The topological polar surface area (TPSA) is 206 Å². The molecule has 10 aromatic rings. The van der Waals surface area contributed by atoms with Gasteiger partial charge in [0.05, 0.1) is 27.2 Å². The van der Waals surface area contributed by atoms with E-state index in [1.54, 1.807) is 127 Å². The van der Waals surface area contributed by atoms with Crippen molar-refractivity contribution in [3.63, 3.8) is 0 Å². The third-order valence-electron chi connectivity index (χ3n) is 13.0. The average molecular weight is 1120 g/mol. The molecule has 14 nitrogen and oxygen atoms in total. The van der Waals surface area contributed by atoms with Crippen molar-refractivity contribution in [3.05, 3.63) is 235 Å². The number of fused-ring (bicyclic) bond motifs is 2. The van der Waals surface area contributed by atoms with Gasteiger partial charge in [0.1, 0.15) is 22.7 Å². The summed E-state index contributed by atoms with van der Waals surface area (Å²) in [4.78, 5) is 56.0. The number of azo groups is 2. The molecular weight excluding hydrogens is 1080 g/mol. The number of phenolic OH excluding ortho intramolecular Hbond substituents is 2. The van der Waals surface area contributed by atoms with Crippen LogP contribution < -0.4 is 21.3 Å². The molecule has 0 saturated carbocycles. The first-order valence-electron chi connectivity index (χ1n) is 24.2. The maximum Gasteiger partial charge on any atom is 0.259 e. The number of benzene rings is 10. The second kappa shape index (κ2) is 21.9. The number of carbonyl (C=O) groups excluding carboxylic acids is 4. The van der Waals surface area contributed by atoms with E-state index in [2.05, 4.69) is 41.7 Å². The second-order valence-corrected chi connectivity index (χ2v) is 19.8. The highest BCUT2D eigenvalue weighted by Crippen LogP contribution is 2.44. The smallest absolute Gasteiger partial charge is 0.259 e. The van der Waals surface area contributed by atoms with Gasteiger partial charge in [0.25, 0.3) is 23.6 Å². The van der Waals surface area contributed by atoms with Gasteiger partial charge in [0, 0.05) is 54.6 Å². The van der Waals surface area contributed by atoms with Gasteiger partial charge in [0.2, 0.25) is 0 Å². The number of phenols is 2. The van der Waals surface area contributed by atoms with E-state index in [1.807, 2.05) is 36.4 Å². The molecule has 4 amide bonds. The molecule has 1 aliphatic carbocycles. The van der Waals surface area contributed by atoms with Gasteiger partial charge < -0.3 is 31.5 Å². The van der Waals surface area contributed by atoms with Crippen LogP contribution in [0.3, 0.4) is 0 Å². The highest BCUT2D eigenvalue weighted by atomic mass is 35.5. The van der Waals surface area contributed by atoms with E-state index in [9.17, 15) is 29.4 Å². The molecule has 1 aliphatic rings. The molecule has 386 valence electrons. The quantitative estimate of drug-likeness (QED) is 0.0656. The first-order valence-corrected chi connectivity index (χ1v) is 25.7. The molecule has 10 aromatic carbocycles. The summed E-state index contributed by atoms with van der Waals surface area (Å²) in [5.41, 5.74) is 3.57. The van der Waals surface area contributed by atoms with E-state index in [1.165, 1.54) is 24.3 Å². The van der Waals surface area contributed by atoms with Gasteiger partial charge in [-0.05, 0) is 130 Å². The Hall–Kier alpha value is -9.44. The highest BCUT2D eigenvalue weighted by Gasteiger charge is 2.26. The molecule has 0 saturated heterocycles. The monoisotopic (exact) mass is 1120 g/mol.